The Balaban J connectivity index is 1.38. The molecule has 2 heterocycles. The van der Waals surface area contributed by atoms with Gasteiger partial charge in [0.25, 0.3) is 0 Å². The summed E-state index contributed by atoms with van der Waals surface area (Å²) in [5.74, 6) is 0. The zero-order valence-corrected chi connectivity index (χ0v) is 24.8. The lowest BCUT2D eigenvalue weighted by Gasteiger charge is -2.13. The molecule has 2 heteroatoms. The number of fused-ring (bicyclic) bond motifs is 7. The van der Waals surface area contributed by atoms with Gasteiger partial charge in [-0.2, -0.15) is 0 Å². The second kappa shape index (κ2) is 12.1. The van der Waals surface area contributed by atoms with Crippen molar-refractivity contribution in [2.75, 3.05) is 0 Å². The molecule has 0 saturated carbocycles. The van der Waals surface area contributed by atoms with Gasteiger partial charge >= 0.3 is 0 Å². The number of aromatic nitrogens is 2. The fourth-order valence-electron chi connectivity index (χ4n) is 5.96. The molecule has 0 aliphatic rings. The highest BCUT2D eigenvalue weighted by Crippen LogP contribution is 2.39. The van der Waals surface area contributed by atoms with Crippen molar-refractivity contribution in [1.82, 2.24) is 9.13 Å². The topological polar surface area (TPSA) is 9.86 Å². The van der Waals surface area contributed by atoms with Crippen molar-refractivity contribution in [2.45, 2.75) is 25.9 Å². The lowest BCUT2D eigenvalue weighted by atomic mass is 10.0. The molecule has 0 aliphatic carbocycles. The van der Waals surface area contributed by atoms with Gasteiger partial charge in [0, 0.05) is 45.7 Å². The normalized spacial score (nSPS) is 19.5. The number of para-hydroxylation sites is 2. The molecule has 0 atom stereocenters. The van der Waals surface area contributed by atoms with Crippen molar-refractivity contribution in [2.24, 2.45) is 0 Å². The lowest BCUT2D eigenvalue weighted by molar-refractivity contribution is 0.678. The van der Waals surface area contributed by atoms with Gasteiger partial charge in [-0.25, -0.2) is 0 Å². The fraction of sp³-hybridized carbons (Fsp3) is 0.0870. The summed E-state index contributed by atoms with van der Waals surface area (Å²) in [4.78, 5) is 0. The van der Waals surface area contributed by atoms with E-state index in [1.807, 2.05) is 0 Å². The van der Waals surface area contributed by atoms with Crippen LogP contribution in [0.15, 0.2) is 169 Å². The van der Waals surface area contributed by atoms with Crippen LogP contribution in [0, 0.1) is 0 Å². The van der Waals surface area contributed by atoms with Gasteiger partial charge in [0.15, 0.2) is 0 Å². The van der Waals surface area contributed by atoms with Crippen molar-refractivity contribution in [3.8, 4) is 22.3 Å². The van der Waals surface area contributed by atoms with E-state index >= 15 is 0 Å². The summed E-state index contributed by atoms with van der Waals surface area (Å²) >= 11 is 0. The average Bonchev–Trinajstić information content (AvgIpc) is 3.90. The smallest absolute Gasteiger partial charge is 0.0742 e. The summed E-state index contributed by atoms with van der Waals surface area (Å²) in [7, 11) is 0. The maximum absolute atomic E-state index is 9.52. The summed E-state index contributed by atoms with van der Waals surface area (Å²) in [6.45, 7) is -1.13. The first kappa shape index (κ1) is 12.0. The summed E-state index contributed by atoms with van der Waals surface area (Å²) in [5.41, 5.74) is -3.54. The quantitative estimate of drug-likeness (QED) is 0.156. The van der Waals surface area contributed by atoms with Crippen LogP contribution in [0.4, 0.5) is 0 Å². The van der Waals surface area contributed by atoms with Crippen LogP contribution in [0.5, 0.6) is 0 Å². The van der Waals surface area contributed by atoms with Crippen LogP contribution < -0.4 is 0 Å². The summed E-state index contributed by atoms with van der Waals surface area (Å²) in [6.07, 6.45) is -0.279. The second-order valence-corrected chi connectivity index (χ2v) is 10.8. The van der Waals surface area contributed by atoms with Crippen LogP contribution in [-0.4, -0.2) is 9.13 Å². The number of rotatable bonds is 8. The van der Waals surface area contributed by atoms with E-state index in [1.54, 1.807) is 0 Å². The largest absolute Gasteiger partial charge is 0.339 e. The molecule has 0 spiro atoms. The molecule has 0 fully saturated rings. The third kappa shape index (κ3) is 4.98. The van der Waals surface area contributed by atoms with Crippen LogP contribution in [0.2, 0.25) is 0 Å². The lowest BCUT2D eigenvalue weighted by Crippen LogP contribution is -2.04. The van der Waals surface area contributed by atoms with Gasteiger partial charge in [0.1, 0.15) is 0 Å². The number of nitrogens with zero attached hydrogens (tertiary/aromatic N) is 2. The third-order valence-electron chi connectivity index (χ3n) is 7.98. The van der Waals surface area contributed by atoms with Gasteiger partial charge in [-0.15, -0.1) is 0 Å². The molecular weight excluding hydrogens is 581 g/mol. The molecule has 0 N–H and O–H groups in total. The van der Waals surface area contributed by atoms with Crippen molar-refractivity contribution < 1.29 is 37.0 Å². The zero-order valence-electron chi connectivity index (χ0n) is 51.8. The highest BCUT2D eigenvalue weighted by atomic mass is 15.0. The van der Waals surface area contributed by atoms with Crippen molar-refractivity contribution in [1.29, 1.82) is 0 Å². The van der Waals surface area contributed by atoms with Gasteiger partial charge < -0.3 is 9.13 Å². The summed E-state index contributed by atoms with van der Waals surface area (Å²) in [5, 5.41) is -1.16. The predicted octanol–water partition coefficient (Wildman–Crippen LogP) is 11.9. The van der Waals surface area contributed by atoms with E-state index in [-0.39, 0.29) is 68.6 Å². The molecule has 0 unspecified atom stereocenters. The van der Waals surface area contributed by atoms with E-state index in [1.165, 1.54) is 15.2 Å². The minimum atomic E-state index is -0.860. The maximum atomic E-state index is 9.52. The monoisotopic (exact) mass is 643 g/mol. The molecule has 230 valence electrons. The molecule has 0 aliphatic heterocycles. The first-order chi connectivity index (χ1) is 35.0. The zero-order chi connectivity index (χ0) is 55.4. The van der Waals surface area contributed by atoms with E-state index < -0.39 is 198 Å². The minimum Gasteiger partial charge on any atom is -0.339 e. The molecule has 0 saturated heterocycles. The third-order valence-corrected chi connectivity index (χ3v) is 7.98. The average molecular weight is 644 g/mol. The number of benzene rings is 7. The molecule has 0 radical (unpaired) electrons. The van der Waals surface area contributed by atoms with Crippen molar-refractivity contribution in [3.63, 3.8) is 0 Å². The van der Waals surface area contributed by atoms with E-state index in [0.717, 1.165) is 0 Å². The van der Waals surface area contributed by atoms with Gasteiger partial charge in [-0.05, 0) is 64.3 Å². The molecule has 0 bridgehead atoms. The van der Waals surface area contributed by atoms with Crippen molar-refractivity contribution >= 4 is 43.6 Å². The van der Waals surface area contributed by atoms with E-state index in [4.69, 9.17) is 27.4 Å². The Morgan fingerprint density at radius 1 is 0.417 bits per heavy atom. The van der Waals surface area contributed by atoms with E-state index in [2.05, 4.69) is 0 Å². The summed E-state index contributed by atoms with van der Waals surface area (Å²) in [6, 6.07) is -18.3. The Bertz CT molecular complexity index is 4040. The predicted molar refractivity (Wildman–Crippen MR) is 204 cm³/mol. The van der Waals surface area contributed by atoms with Gasteiger partial charge in [-0.1, -0.05) is 151 Å². The Morgan fingerprint density at radius 2 is 0.938 bits per heavy atom. The maximum Gasteiger partial charge on any atom is 0.0742 e. The van der Waals surface area contributed by atoms with Crippen molar-refractivity contribution in [3.05, 3.63) is 180 Å². The minimum absolute atomic E-state index is 0.0583. The Morgan fingerprint density at radius 3 is 1.60 bits per heavy atom. The molecule has 2 nitrogen and oxygen atoms in total. The highest BCUT2D eigenvalue weighted by Gasteiger charge is 2.19. The first-order valence-corrected chi connectivity index (χ1v) is 14.8. The van der Waals surface area contributed by atoms with E-state index in [9.17, 15) is 9.60 Å². The molecule has 0 amide bonds. The van der Waals surface area contributed by atoms with Gasteiger partial charge in [0.05, 0.1) is 48.0 Å². The summed E-state index contributed by atoms with van der Waals surface area (Å²) < 4.78 is 240. The highest BCUT2D eigenvalue weighted by molar-refractivity contribution is 6.22. The Hall–Kier alpha value is -5.86. The van der Waals surface area contributed by atoms with Gasteiger partial charge in [-0.3, -0.25) is 0 Å². The molecule has 9 aromatic rings. The van der Waals surface area contributed by atoms with Crippen LogP contribution in [0.3, 0.4) is 0 Å². The SMILES string of the molecule is [2H]c1cc(CCCn2c3c([2H])c([2H])c([2H])c([2H])c3c3c([2H])c([2H])c4c5c([2H])c([2H])c([2H])c([2H])c5n(Cc5c([2H])c([2H])c([2H])c(-c6c([2H])c([2H])c([2H])c([2H])c6[2H])c5[2H])c4c32)c([2H])c(-c2c([2H])c([2H])c([2H])c([2H])c2[2H])c1[2H]. The van der Waals surface area contributed by atoms with Crippen LogP contribution >= 0.6 is 0 Å². The van der Waals surface area contributed by atoms with Gasteiger partial charge in [0.2, 0.25) is 0 Å². The van der Waals surface area contributed by atoms with E-state index in [0.29, 0.717) is 0 Å². The fourth-order valence-corrected chi connectivity index (χ4v) is 5.96. The standard InChI is InChI=1S/C46H36N2/c1-3-17-35(18-4-1)37-21-11-14-33(30-37)16-13-29-47-43-25-9-7-23-39(43)41-27-28-42-40-24-8-10-26-44(40)48(46(42)45(41)47)32-34-15-12-22-38(31-34)36-19-5-2-6-20-36/h1-12,14-15,17-28,30-31H,13,16,29,32H2/i1D,2D,3D,4D,5D,6D,7D,8D,9D,10D,11D,12D,15D,17D,18D,19D,20D,21D,22D,23D,24D,25D,26D,27D,28D,30D,31D. The van der Waals surface area contributed by atoms with Crippen LogP contribution in [-0.2, 0) is 19.5 Å². The molecular formula is C46H36N2. The van der Waals surface area contributed by atoms with Crippen LogP contribution in [0.1, 0.15) is 54.6 Å². The Kier molecular flexibility index (Phi) is 3.01. The molecule has 2 aromatic heterocycles. The number of hydrogen-bond acceptors (Lipinski definition) is 0. The Labute approximate surface area is 319 Å². The molecule has 9 rings (SSSR count). The van der Waals surface area contributed by atoms with Crippen LogP contribution in [0.25, 0.3) is 65.9 Å². The molecule has 7 aromatic carbocycles. The first-order valence-electron chi connectivity index (χ1n) is 28.3. The molecule has 48 heavy (non-hydrogen) atoms. The number of aryl methyl sites for hydroxylation is 2. The number of hydrogen-bond donors (Lipinski definition) is 0. The second-order valence-electron chi connectivity index (χ2n) is 10.8.